The van der Waals surface area contributed by atoms with E-state index in [-0.39, 0.29) is 11.9 Å². The number of rotatable bonds is 3. The van der Waals surface area contributed by atoms with Crippen LogP contribution in [0.15, 0.2) is 30.5 Å². The summed E-state index contributed by atoms with van der Waals surface area (Å²) >= 11 is 0. The first-order valence-corrected chi connectivity index (χ1v) is 5.88. The predicted molar refractivity (Wildman–Crippen MR) is 69.9 cm³/mol. The molecule has 1 unspecified atom stereocenters. The van der Waals surface area contributed by atoms with E-state index in [4.69, 9.17) is 0 Å². The number of nitrogens with one attached hydrogen (secondary N) is 1. The van der Waals surface area contributed by atoms with Crippen LogP contribution in [0, 0.1) is 19.7 Å². The summed E-state index contributed by atoms with van der Waals surface area (Å²) in [6.45, 7) is 5.56. The maximum Gasteiger partial charge on any atom is 0.130 e. The van der Waals surface area contributed by atoms with Crippen LogP contribution in [-0.2, 0) is 0 Å². The van der Waals surface area contributed by atoms with Crippen LogP contribution >= 0.6 is 0 Å². The molecule has 1 atom stereocenters. The van der Waals surface area contributed by atoms with Crippen molar-refractivity contribution in [2.24, 2.45) is 0 Å². The van der Waals surface area contributed by atoms with Crippen molar-refractivity contribution in [1.29, 1.82) is 0 Å². The zero-order valence-electron chi connectivity index (χ0n) is 10.7. The van der Waals surface area contributed by atoms with Crippen molar-refractivity contribution >= 4 is 5.82 Å². The van der Waals surface area contributed by atoms with E-state index in [0.29, 0.717) is 11.4 Å². The van der Waals surface area contributed by atoms with Gasteiger partial charge in [0, 0.05) is 6.20 Å². The first kappa shape index (κ1) is 12.5. The topological polar surface area (TPSA) is 37.8 Å². The average molecular weight is 245 g/mol. The number of aromatic nitrogens is 2. The van der Waals surface area contributed by atoms with Crippen LogP contribution in [0.25, 0.3) is 0 Å². The summed E-state index contributed by atoms with van der Waals surface area (Å²) < 4.78 is 13.5. The Morgan fingerprint density at radius 2 is 2.00 bits per heavy atom. The summed E-state index contributed by atoms with van der Waals surface area (Å²) in [6.07, 6.45) is 1.70. The number of halogens is 1. The van der Waals surface area contributed by atoms with Gasteiger partial charge in [0.2, 0.25) is 0 Å². The molecule has 0 fully saturated rings. The number of nitrogens with zero attached hydrogens (tertiary/aromatic N) is 2. The number of hydrogen-bond acceptors (Lipinski definition) is 3. The minimum atomic E-state index is -0.181. The standard InChI is InChI=1S/C14H16FN3/c1-9-4-5-12(8-13(9)15)10(2)17-14-6-7-16-11(3)18-14/h4-8,10H,1-3H3,(H,16,17,18). The Hall–Kier alpha value is -1.97. The minimum Gasteiger partial charge on any atom is -0.363 e. The molecule has 1 aromatic heterocycles. The highest BCUT2D eigenvalue weighted by molar-refractivity contribution is 5.38. The van der Waals surface area contributed by atoms with Gasteiger partial charge in [-0.2, -0.15) is 0 Å². The summed E-state index contributed by atoms with van der Waals surface area (Å²) in [5.74, 6) is 1.28. The van der Waals surface area contributed by atoms with Gasteiger partial charge in [-0.3, -0.25) is 0 Å². The molecule has 0 aliphatic rings. The molecule has 1 heterocycles. The Bertz CT molecular complexity index is 554. The lowest BCUT2D eigenvalue weighted by Crippen LogP contribution is -2.09. The lowest BCUT2D eigenvalue weighted by atomic mass is 10.1. The molecular formula is C14H16FN3. The second-order valence-electron chi connectivity index (χ2n) is 4.36. The Morgan fingerprint density at radius 1 is 1.22 bits per heavy atom. The molecule has 0 radical (unpaired) electrons. The quantitative estimate of drug-likeness (QED) is 0.900. The average Bonchev–Trinajstić information content (AvgIpc) is 2.32. The summed E-state index contributed by atoms with van der Waals surface area (Å²) in [4.78, 5) is 8.30. The van der Waals surface area contributed by atoms with Gasteiger partial charge < -0.3 is 5.32 Å². The van der Waals surface area contributed by atoms with E-state index < -0.39 is 0 Å². The van der Waals surface area contributed by atoms with Gasteiger partial charge in [-0.15, -0.1) is 0 Å². The van der Waals surface area contributed by atoms with Crippen molar-refractivity contribution < 1.29 is 4.39 Å². The maximum atomic E-state index is 13.5. The van der Waals surface area contributed by atoms with E-state index in [1.54, 1.807) is 31.3 Å². The van der Waals surface area contributed by atoms with Gasteiger partial charge in [-0.05, 0) is 44.0 Å². The molecule has 3 nitrogen and oxygen atoms in total. The molecule has 0 saturated carbocycles. The van der Waals surface area contributed by atoms with Gasteiger partial charge in [0.15, 0.2) is 0 Å². The number of hydrogen-bond donors (Lipinski definition) is 1. The van der Waals surface area contributed by atoms with E-state index in [2.05, 4.69) is 15.3 Å². The maximum absolute atomic E-state index is 13.5. The molecule has 2 aromatic rings. The summed E-state index contributed by atoms with van der Waals surface area (Å²) in [7, 11) is 0. The van der Waals surface area contributed by atoms with E-state index >= 15 is 0 Å². The molecule has 0 saturated heterocycles. The van der Waals surface area contributed by atoms with E-state index in [1.165, 1.54) is 0 Å². The minimum absolute atomic E-state index is 0.00519. The van der Waals surface area contributed by atoms with Gasteiger partial charge in [-0.1, -0.05) is 12.1 Å². The van der Waals surface area contributed by atoms with Gasteiger partial charge in [0.1, 0.15) is 17.5 Å². The van der Waals surface area contributed by atoms with E-state index in [9.17, 15) is 4.39 Å². The molecule has 1 aromatic carbocycles. The number of anilines is 1. The fraction of sp³-hybridized carbons (Fsp3) is 0.286. The second kappa shape index (κ2) is 5.12. The Labute approximate surface area is 106 Å². The summed E-state index contributed by atoms with van der Waals surface area (Å²) in [5.41, 5.74) is 1.55. The monoisotopic (exact) mass is 245 g/mol. The van der Waals surface area contributed by atoms with Gasteiger partial charge in [0.25, 0.3) is 0 Å². The SMILES string of the molecule is Cc1nccc(NC(C)c2ccc(C)c(F)c2)n1. The third kappa shape index (κ3) is 2.83. The molecule has 94 valence electrons. The highest BCUT2D eigenvalue weighted by Crippen LogP contribution is 2.19. The molecule has 2 rings (SSSR count). The zero-order chi connectivity index (χ0) is 13.1. The Kier molecular flexibility index (Phi) is 3.55. The van der Waals surface area contributed by atoms with Crippen molar-refractivity contribution in [2.45, 2.75) is 26.8 Å². The van der Waals surface area contributed by atoms with Gasteiger partial charge >= 0.3 is 0 Å². The lowest BCUT2D eigenvalue weighted by molar-refractivity contribution is 0.614. The first-order valence-electron chi connectivity index (χ1n) is 5.88. The number of benzene rings is 1. The van der Waals surface area contributed by atoms with Gasteiger partial charge in [0.05, 0.1) is 6.04 Å². The van der Waals surface area contributed by atoms with E-state index in [1.807, 2.05) is 19.9 Å². The van der Waals surface area contributed by atoms with Crippen LogP contribution in [-0.4, -0.2) is 9.97 Å². The molecule has 0 spiro atoms. The van der Waals surface area contributed by atoms with Crippen LogP contribution < -0.4 is 5.32 Å². The van der Waals surface area contributed by atoms with Crippen LogP contribution in [0.1, 0.15) is 29.9 Å². The third-order valence-electron chi connectivity index (χ3n) is 2.84. The van der Waals surface area contributed by atoms with Crippen molar-refractivity contribution in [2.75, 3.05) is 5.32 Å². The third-order valence-corrected chi connectivity index (χ3v) is 2.84. The normalized spacial score (nSPS) is 12.2. The lowest BCUT2D eigenvalue weighted by Gasteiger charge is -2.15. The molecule has 1 N–H and O–H groups in total. The molecule has 0 amide bonds. The fourth-order valence-electron chi connectivity index (χ4n) is 1.72. The molecule has 4 heteroatoms. The van der Waals surface area contributed by atoms with Crippen LogP contribution in [0.2, 0.25) is 0 Å². The Balaban J connectivity index is 2.16. The zero-order valence-corrected chi connectivity index (χ0v) is 10.7. The molecule has 18 heavy (non-hydrogen) atoms. The number of aryl methyl sites for hydroxylation is 2. The molecule has 0 bridgehead atoms. The smallest absolute Gasteiger partial charge is 0.130 e. The Morgan fingerprint density at radius 3 is 2.67 bits per heavy atom. The fourth-order valence-corrected chi connectivity index (χ4v) is 1.72. The molecule has 0 aliphatic heterocycles. The summed E-state index contributed by atoms with van der Waals surface area (Å²) in [6, 6.07) is 7.06. The van der Waals surface area contributed by atoms with Crippen molar-refractivity contribution in [3.8, 4) is 0 Å². The molecular weight excluding hydrogens is 229 g/mol. The predicted octanol–water partition coefficient (Wildman–Crippen LogP) is 3.41. The molecule has 0 aliphatic carbocycles. The van der Waals surface area contributed by atoms with Gasteiger partial charge in [-0.25, -0.2) is 14.4 Å². The largest absolute Gasteiger partial charge is 0.363 e. The first-order chi connectivity index (χ1) is 8.56. The highest BCUT2D eigenvalue weighted by atomic mass is 19.1. The van der Waals surface area contributed by atoms with Crippen LogP contribution in [0.4, 0.5) is 10.2 Å². The van der Waals surface area contributed by atoms with Crippen molar-refractivity contribution in [3.05, 3.63) is 53.2 Å². The van der Waals surface area contributed by atoms with Crippen molar-refractivity contribution in [3.63, 3.8) is 0 Å². The van der Waals surface area contributed by atoms with E-state index in [0.717, 1.165) is 11.4 Å². The summed E-state index contributed by atoms with van der Waals surface area (Å²) in [5, 5.41) is 3.23. The van der Waals surface area contributed by atoms with Crippen molar-refractivity contribution in [1.82, 2.24) is 9.97 Å². The second-order valence-corrected chi connectivity index (χ2v) is 4.36. The highest BCUT2D eigenvalue weighted by Gasteiger charge is 2.08. The van der Waals surface area contributed by atoms with Crippen LogP contribution in [0.5, 0.6) is 0 Å². The van der Waals surface area contributed by atoms with Crippen LogP contribution in [0.3, 0.4) is 0 Å².